The zero-order chi connectivity index (χ0) is 18.7. The van der Waals surface area contributed by atoms with Crippen LogP contribution in [0.25, 0.3) is 22.5 Å². The standard InChI is InChI=1S/C21H20O5/c1-4-5-6-7-10-24-16-8-9-17-15(11-16)12-18(25-17)20-13(2)19(22)14(3)21(23)26-20/h1,8-9,11-12,22H,5-7,10H2,2-3H3. The largest absolute Gasteiger partial charge is 0.507 e. The van der Waals surface area contributed by atoms with Gasteiger partial charge in [-0.2, -0.15) is 0 Å². The molecular formula is C21H20O5. The van der Waals surface area contributed by atoms with Crippen molar-refractivity contribution in [3.8, 4) is 35.4 Å². The summed E-state index contributed by atoms with van der Waals surface area (Å²) in [5.74, 6) is 3.88. The Morgan fingerprint density at radius 3 is 2.73 bits per heavy atom. The van der Waals surface area contributed by atoms with E-state index in [1.54, 1.807) is 19.1 Å². The van der Waals surface area contributed by atoms with Crippen molar-refractivity contribution in [2.24, 2.45) is 0 Å². The molecule has 3 aromatic rings. The molecule has 0 amide bonds. The fourth-order valence-electron chi connectivity index (χ4n) is 2.71. The van der Waals surface area contributed by atoms with Gasteiger partial charge in [0, 0.05) is 17.4 Å². The summed E-state index contributed by atoms with van der Waals surface area (Å²) in [5, 5.41) is 10.9. The quantitative estimate of drug-likeness (QED) is 0.520. The van der Waals surface area contributed by atoms with Gasteiger partial charge < -0.3 is 18.7 Å². The van der Waals surface area contributed by atoms with E-state index in [-0.39, 0.29) is 17.1 Å². The van der Waals surface area contributed by atoms with E-state index in [0.29, 0.717) is 23.5 Å². The number of aromatic hydroxyl groups is 1. The SMILES string of the molecule is C#CCCCCOc1ccc2oc(-c3oc(=O)c(C)c(O)c3C)cc2c1. The number of benzene rings is 1. The number of unbranched alkanes of at least 4 members (excludes halogenated alkanes) is 2. The Kier molecular flexibility index (Phi) is 5.04. The molecule has 134 valence electrons. The lowest BCUT2D eigenvalue weighted by Crippen LogP contribution is -2.05. The van der Waals surface area contributed by atoms with Crippen LogP contribution in [0.2, 0.25) is 0 Å². The molecule has 0 fully saturated rings. The van der Waals surface area contributed by atoms with Crippen molar-refractivity contribution in [1.29, 1.82) is 0 Å². The van der Waals surface area contributed by atoms with Gasteiger partial charge in [0.2, 0.25) is 0 Å². The van der Waals surface area contributed by atoms with Crippen molar-refractivity contribution < 1.29 is 18.7 Å². The Morgan fingerprint density at radius 2 is 1.96 bits per heavy atom. The first kappa shape index (κ1) is 17.7. The molecule has 1 aromatic carbocycles. The Hall–Kier alpha value is -3.13. The van der Waals surface area contributed by atoms with Crippen molar-refractivity contribution in [3.63, 3.8) is 0 Å². The van der Waals surface area contributed by atoms with E-state index in [1.807, 2.05) is 12.1 Å². The fourth-order valence-corrected chi connectivity index (χ4v) is 2.71. The second-order valence-electron chi connectivity index (χ2n) is 6.14. The van der Waals surface area contributed by atoms with Crippen LogP contribution >= 0.6 is 0 Å². The van der Waals surface area contributed by atoms with Gasteiger partial charge in [0.15, 0.2) is 11.5 Å². The van der Waals surface area contributed by atoms with Crippen molar-refractivity contribution in [3.05, 3.63) is 45.8 Å². The van der Waals surface area contributed by atoms with E-state index in [2.05, 4.69) is 5.92 Å². The minimum atomic E-state index is -0.584. The normalized spacial score (nSPS) is 10.8. The Morgan fingerprint density at radius 1 is 1.15 bits per heavy atom. The third-order valence-corrected chi connectivity index (χ3v) is 4.25. The van der Waals surface area contributed by atoms with Crippen molar-refractivity contribution in [2.45, 2.75) is 33.1 Å². The molecule has 5 nitrogen and oxygen atoms in total. The first-order valence-corrected chi connectivity index (χ1v) is 8.44. The maximum Gasteiger partial charge on any atom is 0.343 e. The molecule has 0 radical (unpaired) electrons. The molecule has 0 unspecified atom stereocenters. The highest BCUT2D eigenvalue weighted by Crippen LogP contribution is 2.34. The van der Waals surface area contributed by atoms with Gasteiger partial charge in [-0.1, -0.05) is 0 Å². The third-order valence-electron chi connectivity index (χ3n) is 4.25. The van der Waals surface area contributed by atoms with Crippen molar-refractivity contribution in [2.75, 3.05) is 6.61 Å². The summed E-state index contributed by atoms with van der Waals surface area (Å²) in [5.41, 5.74) is 0.704. The second kappa shape index (κ2) is 7.40. The molecule has 0 spiro atoms. The molecule has 0 bridgehead atoms. The minimum Gasteiger partial charge on any atom is -0.507 e. The smallest absolute Gasteiger partial charge is 0.343 e. The van der Waals surface area contributed by atoms with Gasteiger partial charge >= 0.3 is 5.63 Å². The van der Waals surface area contributed by atoms with E-state index in [4.69, 9.17) is 20.0 Å². The highest BCUT2D eigenvalue weighted by molar-refractivity contribution is 5.83. The molecule has 0 atom stereocenters. The summed E-state index contributed by atoms with van der Waals surface area (Å²) in [6.45, 7) is 3.79. The van der Waals surface area contributed by atoms with Crippen LogP contribution in [0.15, 0.2) is 37.9 Å². The molecule has 5 heteroatoms. The molecule has 0 aliphatic heterocycles. The van der Waals surface area contributed by atoms with Crippen LogP contribution in [0.5, 0.6) is 11.5 Å². The van der Waals surface area contributed by atoms with Gasteiger partial charge in [0.1, 0.15) is 17.1 Å². The molecule has 0 aliphatic carbocycles. The molecule has 2 aromatic heterocycles. The first-order valence-electron chi connectivity index (χ1n) is 8.44. The fraction of sp³-hybridized carbons (Fsp3) is 0.286. The number of hydrogen-bond donors (Lipinski definition) is 1. The van der Waals surface area contributed by atoms with Crippen LogP contribution in [0.1, 0.15) is 30.4 Å². The lowest BCUT2D eigenvalue weighted by molar-refractivity contribution is 0.308. The minimum absolute atomic E-state index is 0.0762. The number of terminal acetylenes is 1. The predicted octanol–water partition coefficient (Wildman–Crippen LogP) is 4.56. The van der Waals surface area contributed by atoms with Gasteiger partial charge in [0.05, 0.1) is 12.2 Å². The van der Waals surface area contributed by atoms with Crippen LogP contribution in [0.4, 0.5) is 0 Å². The summed E-state index contributed by atoms with van der Waals surface area (Å²) in [6.07, 6.45) is 7.81. The molecule has 26 heavy (non-hydrogen) atoms. The summed E-state index contributed by atoms with van der Waals surface area (Å²) in [7, 11) is 0. The van der Waals surface area contributed by atoms with Crippen LogP contribution in [-0.2, 0) is 0 Å². The van der Waals surface area contributed by atoms with Crippen molar-refractivity contribution >= 4 is 11.0 Å². The predicted molar refractivity (Wildman–Crippen MR) is 99.5 cm³/mol. The Balaban J connectivity index is 1.86. The monoisotopic (exact) mass is 352 g/mol. The Bertz CT molecular complexity index is 1030. The maximum absolute atomic E-state index is 11.8. The molecule has 0 saturated heterocycles. The van der Waals surface area contributed by atoms with Crippen molar-refractivity contribution in [1.82, 2.24) is 0 Å². The summed E-state index contributed by atoms with van der Waals surface area (Å²) < 4.78 is 16.8. The average molecular weight is 352 g/mol. The molecular weight excluding hydrogens is 332 g/mol. The Labute approximate surface area is 151 Å². The zero-order valence-corrected chi connectivity index (χ0v) is 14.8. The lowest BCUT2D eigenvalue weighted by atomic mass is 10.1. The second-order valence-corrected chi connectivity index (χ2v) is 6.14. The van der Waals surface area contributed by atoms with Crippen LogP contribution in [-0.4, -0.2) is 11.7 Å². The number of rotatable bonds is 6. The van der Waals surface area contributed by atoms with Gasteiger partial charge in [-0.15, -0.1) is 12.3 Å². The highest BCUT2D eigenvalue weighted by atomic mass is 16.5. The number of fused-ring (bicyclic) bond motifs is 1. The zero-order valence-electron chi connectivity index (χ0n) is 14.8. The van der Waals surface area contributed by atoms with Crippen LogP contribution < -0.4 is 10.4 Å². The van der Waals surface area contributed by atoms with E-state index in [9.17, 15) is 9.90 Å². The molecule has 3 rings (SSSR count). The number of furan rings is 1. The number of hydrogen-bond acceptors (Lipinski definition) is 5. The first-order chi connectivity index (χ1) is 12.5. The molecule has 0 aliphatic rings. The molecule has 0 saturated carbocycles. The van der Waals surface area contributed by atoms with E-state index < -0.39 is 5.63 Å². The third kappa shape index (κ3) is 3.45. The summed E-state index contributed by atoms with van der Waals surface area (Å²) >= 11 is 0. The van der Waals surface area contributed by atoms with Gasteiger partial charge in [0.25, 0.3) is 0 Å². The van der Waals surface area contributed by atoms with Gasteiger partial charge in [-0.25, -0.2) is 4.79 Å². The topological polar surface area (TPSA) is 72.8 Å². The molecule has 1 N–H and O–H groups in total. The van der Waals surface area contributed by atoms with Gasteiger partial charge in [-0.05, 0) is 51.0 Å². The summed E-state index contributed by atoms with van der Waals surface area (Å²) in [4.78, 5) is 11.8. The molecule has 2 heterocycles. The van der Waals surface area contributed by atoms with Gasteiger partial charge in [-0.3, -0.25) is 0 Å². The van der Waals surface area contributed by atoms with E-state index in [0.717, 1.165) is 30.4 Å². The maximum atomic E-state index is 11.8. The highest BCUT2D eigenvalue weighted by Gasteiger charge is 2.18. The lowest BCUT2D eigenvalue weighted by Gasteiger charge is -2.05. The summed E-state index contributed by atoms with van der Waals surface area (Å²) in [6, 6.07) is 7.26. The van der Waals surface area contributed by atoms with E-state index >= 15 is 0 Å². The van der Waals surface area contributed by atoms with Crippen LogP contribution in [0.3, 0.4) is 0 Å². The van der Waals surface area contributed by atoms with Crippen LogP contribution in [0, 0.1) is 26.2 Å². The average Bonchev–Trinajstić information content (AvgIpc) is 3.05. The van der Waals surface area contributed by atoms with E-state index in [1.165, 1.54) is 6.92 Å². The number of ether oxygens (including phenoxy) is 1.